The lowest BCUT2D eigenvalue weighted by Gasteiger charge is -2.05. The molecule has 0 spiro atoms. The first kappa shape index (κ1) is 11.1. The van der Waals surface area contributed by atoms with Gasteiger partial charge in [-0.3, -0.25) is 0 Å². The van der Waals surface area contributed by atoms with Crippen LogP contribution in [0.3, 0.4) is 0 Å². The van der Waals surface area contributed by atoms with Gasteiger partial charge in [0.15, 0.2) is 5.82 Å². The lowest BCUT2D eigenvalue weighted by atomic mass is 10.2. The molecule has 0 amide bonds. The number of aromatic nitrogens is 3. The zero-order valence-corrected chi connectivity index (χ0v) is 9.54. The average molecular weight is 232 g/mol. The Balaban J connectivity index is 2.40. The molecule has 6 heteroatoms. The van der Waals surface area contributed by atoms with Crippen molar-refractivity contribution >= 4 is 11.7 Å². The van der Waals surface area contributed by atoms with Gasteiger partial charge in [-0.1, -0.05) is 0 Å². The van der Waals surface area contributed by atoms with E-state index >= 15 is 0 Å². The molecule has 17 heavy (non-hydrogen) atoms. The third-order valence-electron chi connectivity index (χ3n) is 2.31. The summed E-state index contributed by atoms with van der Waals surface area (Å²) in [6.45, 7) is 1.74. The quantitative estimate of drug-likeness (QED) is 0.779. The highest BCUT2D eigenvalue weighted by molar-refractivity contribution is 5.90. The number of nitrogens with zero attached hydrogens (tertiary/aromatic N) is 3. The maximum atomic E-state index is 11.4. The van der Waals surface area contributed by atoms with E-state index in [1.54, 1.807) is 29.9 Å². The van der Waals surface area contributed by atoms with Crippen molar-refractivity contribution in [3.63, 3.8) is 0 Å². The maximum absolute atomic E-state index is 11.4. The van der Waals surface area contributed by atoms with Crippen molar-refractivity contribution in [3.05, 3.63) is 35.8 Å². The SMILES string of the molecule is COC(=O)c1ccc(-n2cc(N)cn2)nc1C. The second-order valence-corrected chi connectivity index (χ2v) is 3.51. The Kier molecular flexibility index (Phi) is 2.78. The Hall–Kier alpha value is -2.37. The number of esters is 1. The summed E-state index contributed by atoms with van der Waals surface area (Å²) in [5.41, 5.74) is 7.15. The molecular weight excluding hydrogens is 220 g/mol. The summed E-state index contributed by atoms with van der Waals surface area (Å²) in [5.74, 6) is 0.202. The normalized spacial score (nSPS) is 10.2. The lowest BCUT2D eigenvalue weighted by molar-refractivity contribution is 0.0599. The molecule has 2 aromatic rings. The number of methoxy groups -OCH3 is 1. The van der Waals surface area contributed by atoms with Crippen LogP contribution in [0.5, 0.6) is 0 Å². The summed E-state index contributed by atoms with van der Waals surface area (Å²) in [4.78, 5) is 15.7. The number of pyridine rings is 1. The van der Waals surface area contributed by atoms with Crippen LogP contribution in [0.15, 0.2) is 24.5 Å². The van der Waals surface area contributed by atoms with Crippen LogP contribution in [0.4, 0.5) is 5.69 Å². The van der Waals surface area contributed by atoms with Crippen LogP contribution in [0.1, 0.15) is 16.1 Å². The second kappa shape index (κ2) is 4.25. The Morgan fingerprint density at radius 3 is 2.76 bits per heavy atom. The number of hydrogen-bond acceptors (Lipinski definition) is 5. The first-order valence-electron chi connectivity index (χ1n) is 4.98. The number of nitrogen functional groups attached to an aromatic ring is 1. The fraction of sp³-hybridized carbons (Fsp3) is 0.182. The molecule has 2 aromatic heterocycles. The number of anilines is 1. The predicted octanol–water partition coefficient (Wildman–Crippen LogP) is 0.945. The Bertz CT molecular complexity index is 562. The summed E-state index contributed by atoms with van der Waals surface area (Å²) in [6.07, 6.45) is 3.19. The monoisotopic (exact) mass is 232 g/mol. The molecule has 0 saturated heterocycles. The second-order valence-electron chi connectivity index (χ2n) is 3.51. The van der Waals surface area contributed by atoms with Crippen LogP contribution < -0.4 is 5.73 Å². The number of nitrogens with two attached hydrogens (primary N) is 1. The summed E-state index contributed by atoms with van der Waals surface area (Å²) >= 11 is 0. The minimum atomic E-state index is -0.401. The third kappa shape index (κ3) is 2.10. The first-order valence-corrected chi connectivity index (χ1v) is 4.98. The van der Waals surface area contributed by atoms with E-state index in [-0.39, 0.29) is 0 Å². The Labute approximate surface area is 98.0 Å². The Morgan fingerprint density at radius 1 is 1.47 bits per heavy atom. The smallest absolute Gasteiger partial charge is 0.339 e. The van der Waals surface area contributed by atoms with E-state index < -0.39 is 5.97 Å². The van der Waals surface area contributed by atoms with Crippen molar-refractivity contribution in [2.45, 2.75) is 6.92 Å². The summed E-state index contributed by atoms with van der Waals surface area (Å²) in [7, 11) is 1.34. The molecule has 0 bridgehead atoms. The molecular formula is C11H12N4O2. The predicted molar refractivity (Wildman–Crippen MR) is 61.8 cm³/mol. The van der Waals surface area contributed by atoms with E-state index in [0.29, 0.717) is 22.8 Å². The van der Waals surface area contributed by atoms with Crippen LogP contribution in [0, 0.1) is 6.92 Å². The van der Waals surface area contributed by atoms with Gasteiger partial charge >= 0.3 is 5.97 Å². The van der Waals surface area contributed by atoms with E-state index in [0.717, 1.165) is 0 Å². The van der Waals surface area contributed by atoms with Crippen molar-refractivity contribution in [3.8, 4) is 5.82 Å². The first-order chi connectivity index (χ1) is 8.11. The van der Waals surface area contributed by atoms with Crippen LogP contribution in [-0.2, 0) is 4.74 Å². The fourth-order valence-electron chi connectivity index (χ4n) is 1.46. The number of carbonyl (C=O) groups is 1. The number of aryl methyl sites for hydroxylation is 1. The zero-order chi connectivity index (χ0) is 12.4. The van der Waals surface area contributed by atoms with Gasteiger partial charge in [-0.25, -0.2) is 14.5 Å². The van der Waals surface area contributed by atoms with Crippen molar-refractivity contribution < 1.29 is 9.53 Å². The molecule has 0 fully saturated rings. The van der Waals surface area contributed by atoms with Gasteiger partial charge in [0.2, 0.25) is 0 Å². The highest BCUT2D eigenvalue weighted by atomic mass is 16.5. The van der Waals surface area contributed by atoms with Crippen molar-refractivity contribution in [1.29, 1.82) is 0 Å². The molecule has 0 unspecified atom stereocenters. The molecule has 0 saturated carbocycles. The average Bonchev–Trinajstić information content (AvgIpc) is 2.75. The zero-order valence-electron chi connectivity index (χ0n) is 9.54. The molecule has 88 valence electrons. The van der Waals surface area contributed by atoms with Crippen LogP contribution in [0.2, 0.25) is 0 Å². The molecule has 0 aliphatic heterocycles. The van der Waals surface area contributed by atoms with Crippen LogP contribution >= 0.6 is 0 Å². The maximum Gasteiger partial charge on any atom is 0.339 e. The summed E-state index contributed by atoms with van der Waals surface area (Å²) in [6, 6.07) is 3.34. The molecule has 2 rings (SSSR count). The van der Waals surface area contributed by atoms with E-state index in [1.165, 1.54) is 13.3 Å². The van der Waals surface area contributed by atoms with Crippen molar-refractivity contribution in [2.75, 3.05) is 12.8 Å². The third-order valence-corrected chi connectivity index (χ3v) is 2.31. The molecule has 0 radical (unpaired) electrons. The minimum absolute atomic E-state index is 0.401. The minimum Gasteiger partial charge on any atom is -0.465 e. The van der Waals surface area contributed by atoms with E-state index in [1.807, 2.05) is 0 Å². The molecule has 2 N–H and O–H groups in total. The number of ether oxygens (including phenoxy) is 1. The van der Waals surface area contributed by atoms with Crippen LogP contribution in [-0.4, -0.2) is 27.8 Å². The van der Waals surface area contributed by atoms with Gasteiger partial charge in [-0.05, 0) is 19.1 Å². The van der Waals surface area contributed by atoms with Gasteiger partial charge in [0.25, 0.3) is 0 Å². The highest BCUT2D eigenvalue weighted by Gasteiger charge is 2.11. The molecule has 0 aromatic carbocycles. The van der Waals surface area contributed by atoms with Gasteiger partial charge in [0.1, 0.15) is 0 Å². The van der Waals surface area contributed by atoms with E-state index in [9.17, 15) is 4.79 Å². The van der Waals surface area contributed by atoms with Crippen molar-refractivity contribution in [2.24, 2.45) is 0 Å². The number of carbonyl (C=O) groups excluding carboxylic acids is 1. The topological polar surface area (TPSA) is 83.0 Å². The van der Waals surface area contributed by atoms with Gasteiger partial charge in [0, 0.05) is 0 Å². The van der Waals surface area contributed by atoms with E-state index in [4.69, 9.17) is 5.73 Å². The van der Waals surface area contributed by atoms with Gasteiger partial charge in [-0.2, -0.15) is 5.10 Å². The van der Waals surface area contributed by atoms with Crippen molar-refractivity contribution in [1.82, 2.24) is 14.8 Å². The summed E-state index contributed by atoms with van der Waals surface area (Å²) < 4.78 is 6.19. The fourth-order valence-corrected chi connectivity index (χ4v) is 1.46. The standard InChI is InChI=1S/C11H12N4O2/c1-7-9(11(16)17-2)3-4-10(14-7)15-6-8(12)5-13-15/h3-6H,12H2,1-2H3. The largest absolute Gasteiger partial charge is 0.465 e. The molecule has 2 heterocycles. The highest BCUT2D eigenvalue weighted by Crippen LogP contribution is 2.12. The molecule has 0 aliphatic carbocycles. The van der Waals surface area contributed by atoms with Gasteiger partial charge in [-0.15, -0.1) is 0 Å². The van der Waals surface area contributed by atoms with E-state index in [2.05, 4.69) is 14.8 Å². The molecule has 0 aliphatic rings. The van der Waals surface area contributed by atoms with Gasteiger partial charge in [0.05, 0.1) is 36.4 Å². The number of rotatable bonds is 2. The number of hydrogen-bond donors (Lipinski definition) is 1. The lowest BCUT2D eigenvalue weighted by Crippen LogP contribution is -2.07. The summed E-state index contributed by atoms with van der Waals surface area (Å²) in [5, 5.41) is 4.03. The van der Waals surface area contributed by atoms with Crippen LogP contribution in [0.25, 0.3) is 5.82 Å². The van der Waals surface area contributed by atoms with Gasteiger partial charge < -0.3 is 10.5 Å². The Morgan fingerprint density at radius 2 is 2.24 bits per heavy atom. The molecule has 6 nitrogen and oxygen atoms in total. The molecule has 0 atom stereocenters.